The van der Waals surface area contributed by atoms with Crippen molar-refractivity contribution in [1.82, 2.24) is 5.32 Å². The second-order valence-corrected chi connectivity index (χ2v) is 5.50. The molecule has 0 unspecified atom stereocenters. The molecule has 108 valence electrons. The number of nitrogens with one attached hydrogen (secondary N) is 1. The number of aryl methyl sites for hydroxylation is 1. The lowest BCUT2D eigenvalue weighted by Crippen LogP contribution is -2.52. The minimum atomic E-state index is -1.07. The molecule has 1 fully saturated rings. The monoisotopic (exact) mass is 275 g/mol. The molecule has 20 heavy (non-hydrogen) atoms. The molecule has 0 spiro atoms. The third kappa shape index (κ3) is 3.00. The van der Waals surface area contributed by atoms with Gasteiger partial charge in [-0.25, -0.2) is 4.79 Å². The van der Waals surface area contributed by atoms with Crippen LogP contribution >= 0.6 is 0 Å². The predicted octanol–water partition coefficient (Wildman–Crippen LogP) is 2.77. The Labute approximate surface area is 119 Å². The van der Waals surface area contributed by atoms with Gasteiger partial charge in [-0.2, -0.15) is 0 Å². The number of carbonyl (C=O) groups is 2. The Morgan fingerprint density at radius 2 is 1.80 bits per heavy atom. The van der Waals surface area contributed by atoms with E-state index in [1.807, 2.05) is 12.1 Å². The summed E-state index contributed by atoms with van der Waals surface area (Å²) in [4.78, 5) is 23.6. The molecule has 1 aliphatic rings. The minimum absolute atomic E-state index is 0.294. The average molecular weight is 275 g/mol. The predicted molar refractivity (Wildman–Crippen MR) is 76.7 cm³/mol. The Kier molecular flexibility index (Phi) is 4.42. The van der Waals surface area contributed by atoms with Crippen molar-refractivity contribution in [3.05, 3.63) is 35.4 Å². The number of hydrogen-bond acceptors (Lipinski definition) is 2. The number of rotatable bonds is 5. The van der Waals surface area contributed by atoms with E-state index >= 15 is 0 Å². The van der Waals surface area contributed by atoms with E-state index in [1.54, 1.807) is 12.1 Å². The highest BCUT2D eigenvalue weighted by atomic mass is 16.4. The van der Waals surface area contributed by atoms with Crippen molar-refractivity contribution in [3.8, 4) is 0 Å². The van der Waals surface area contributed by atoms with Crippen LogP contribution in [-0.2, 0) is 11.2 Å². The fourth-order valence-electron chi connectivity index (χ4n) is 2.77. The summed E-state index contributed by atoms with van der Waals surface area (Å²) in [6.45, 7) is 2.11. The zero-order chi connectivity index (χ0) is 14.6. The van der Waals surface area contributed by atoms with Crippen LogP contribution in [0.1, 0.15) is 54.9 Å². The zero-order valence-corrected chi connectivity index (χ0v) is 11.8. The SMILES string of the molecule is CCCc1ccc(C(=O)NC2(C(=O)O)CCCC2)cc1. The first-order valence-electron chi connectivity index (χ1n) is 7.22. The maximum Gasteiger partial charge on any atom is 0.329 e. The van der Waals surface area contributed by atoms with Crippen LogP contribution in [0.3, 0.4) is 0 Å². The number of aliphatic carboxylic acids is 1. The summed E-state index contributed by atoms with van der Waals surface area (Å²) in [5.41, 5.74) is 0.648. The lowest BCUT2D eigenvalue weighted by molar-refractivity contribution is -0.144. The molecule has 1 amide bonds. The van der Waals surface area contributed by atoms with Gasteiger partial charge in [-0.1, -0.05) is 38.3 Å². The van der Waals surface area contributed by atoms with Crippen molar-refractivity contribution in [3.63, 3.8) is 0 Å². The van der Waals surface area contributed by atoms with Gasteiger partial charge in [0.15, 0.2) is 0 Å². The zero-order valence-electron chi connectivity index (χ0n) is 11.8. The van der Waals surface area contributed by atoms with Crippen molar-refractivity contribution < 1.29 is 14.7 Å². The molecule has 0 atom stereocenters. The van der Waals surface area contributed by atoms with Crippen LogP contribution < -0.4 is 5.32 Å². The first-order valence-corrected chi connectivity index (χ1v) is 7.22. The van der Waals surface area contributed by atoms with E-state index < -0.39 is 11.5 Å². The summed E-state index contributed by atoms with van der Waals surface area (Å²) >= 11 is 0. The second-order valence-electron chi connectivity index (χ2n) is 5.50. The van der Waals surface area contributed by atoms with Gasteiger partial charge in [-0.05, 0) is 37.0 Å². The van der Waals surface area contributed by atoms with Crippen LogP contribution in [0, 0.1) is 0 Å². The summed E-state index contributed by atoms with van der Waals surface area (Å²) in [6, 6.07) is 7.40. The van der Waals surface area contributed by atoms with Crippen LogP contribution in [0.15, 0.2) is 24.3 Å². The van der Waals surface area contributed by atoms with Crippen molar-refractivity contribution in [2.75, 3.05) is 0 Å². The number of amides is 1. The lowest BCUT2D eigenvalue weighted by Gasteiger charge is -2.25. The first-order chi connectivity index (χ1) is 9.57. The van der Waals surface area contributed by atoms with Gasteiger partial charge >= 0.3 is 5.97 Å². The Balaban J connectivity index is 2.09. The van der Waals surface area contributed by atoms with Crippen LogP contribution in [0.25, 0.3) is 0 Å². The highest BCUT2D eigenvalue weighted by Crippen LogP contribution is 2.30. The van der Waals surface area contributed by atoms with Gasteiger partial charge in [0.1, 0.15) is 5.54 Å². The van der Waals surface area contributed by atoms with Crippen molar-refractivity contribution in [1.29, 1.82) is 0 Å². The summed E-state index contributed by atoms with van der Waals surface area (Å²) in [6.07, 6.45) is 4.78. The van der Waals surface area contributed by atoms with Crippen LogP contribution in [0.5, 0.6) is 0 Å². The normalized spacial score (nSPS) is 16.9. The van der Waals surface area contributed by atoms with Crippen molar-refractivity contribution in [2.24, 2.45) is 0 Å². The summed E-state index contributed by atoms with van der Waals surface area (Å²) in [5, 5.41) is 12.1. The molecule has 0 aliphatic heterocycles. The molecule has 0 heterocycles. The van der Waals surface area contributed by atoms with Crippen molar-refractivity contribution >= 4 is 11.9 Å². The molecule has 0 saturated heterocycles. The number of carboxylic acid groups (broad SMARTS) is 1. The largest absolute Gasteiger partial charge is 0.480 e. The fraction of sp³-hybridized carbons (Fsp3) is 0.500. The second kappa shape index (κ2) is 6.07. The molecule has 2 rings (SSSR count). The van der Waals surface area contributed by atoms with Crippen LogP contribution in [-0.4, -0.2) is 22.5 Å². The Bertz CT molecular complexity index is 487. The molecular weight excluding hydrogens is 254 g/mol. The third-order valence-corrected chi connectivity index (χ3v) is 3.97. The highest BCUT2D eigenvalue weighted by Gasteiger charge is 2.42. The van der Waals surface area contributed by atoms with Gasteiger partial charge in [0.2, 0.25) is 0 Å². The van der Waals surface area contributed by atoms with E-state index in [4.69, 9.17) is 0 Å². The average Bonchev–Trinajstić information content (AvgIpc) is 2.90. The summed E-state index contributed by atoms with van der Waals surface area (Å²) in [5.74, 6) is -1.22. The number of carbonyl (C=O) groups excluding carboxylic acids is 1. The molecule has 0 aromatic heterocycles. The molecule has 1 aliphatic carbocycles. The quantitative estimate of drug-likeness (QED) is 0.868. The van der Waals surface area contributed by atoms with E-state index in [0.29, 0.717) is 18.4 Å². The number of benzene rings is 1. The van der Waals surface area contributed by atoms with Crippen LogP contribution in [0.4, 0.5) is 0 Å². The maximum absolute atomic E-state index is 12.2. The van der Waals surface area contributed by atoms with E-state index in [9.17, 15) is 14.7 Å². The molecule has 1 saturated carbocycles. The molecule has 4 heteroatoms. The summed E-state index contributed by atoms with van der Waals surface area (Å²) < 4.78 is 0. The van der Waals surface area contributed by atoms with Gasteiger partial charge in [0, 0.05) is 5.56 Å². The molecule has 0 bridgehead atoms. The first kappa shape index (κ1) is 14.6. The molecular formula is C16H21NO3. The molecule has 1 aromatic carbocycles. The topological polar surface area (TPSA) is 66.4 Å². The van der Waals surface area contributed by atoms with Gasteiger partial charge in [0.05, 0.1) is 0 Å². The van der Waals surface area contributed by atoms with Gasteiger partial charge in [-0.15, -0.1) is 0 Å². The molecule has 1 aromatic rings. The Morgan fingerprint density at radius 1 is 1.20 bits per heavy atom. The van der Waals surface area contributed by atoms with Gasteiger partial charge < -0.3 is 10.4 Å². The number of carboxylic acids is 1. The Hall–Kier alpha value is -1.84. The third-order valence-electron chi connectivity index (χ3n) is 3.97. The van der Waals surface area contributed by atoms with Crippen molar-refractivity contribution in [2.45, 2.75) is 51.0 Å². The van der Waals surface area contributed by atoms with E-state index in [-0.39, 0.29) is 5.91 Å². The van der Waals surface area contributed by atoms with E-state index in [2.05, 4.69) is 12.2 Å². The highest BCUT2D eigenvalue weighted by molar-refractivity contribution is 5.98. The molecule has 0 radical (unpaired) electrons. The minimum Gasteiger partial charge on any atom is -0.480 e. The Morgan fingerprint density at radius 3 is 2.30 bits per heavy atom. The van der Waals surface area contributed by atoms with Gasteiger partial charge in [-0.3, -0.25) is 4.79 Å². The summed E-state index contributed by atoms with van der Waals surface area (Å²) in [7, 11) is 0. The van der Waals surface area contributed by atoms with Gasteiger partial charge in [0.25, 0.3) is 5.91 Å². The smallest absolute Gasteiger partial charge is 0.329 e. The standard InChI is InChI=1S/C16H21NO3/c1-2-5-12-6-8-13(9-7-12)14(18)17-16(15(19)20)10-3-4-11-16/h6-9H,2-5,10-11H2,1H3,(H,17,18)(H,19,20). The molecule has 2 N–H and O–H groups in total. The van der Waals surface area contributed by atoms with Crippen LogP contribution in [0.2, 0.25) is 0 Å². The fourth-order valence-corrected chi connectivity index (χ4v) is 2.77. The lowest BCUT2D eigenvalue weighted by atomic mass is 9.97. The number of hydrogen-bond donors (Lipinski definition) is 2. The van der Waals surface area contributed by atoms with E-state index in [1.165, 1.54) is 5.56 Å². The maximum atomic E-state index is 12.2. The van der Waals surface area contributed by atoms with E-state index in [0.717, 1.165) is 25.7 Å². The molecule has 4 nitrogen and oxygen atoms in total.